The Bertz CT molecular complexity index is 580. The van der Waals surface area contributed by atoms with Gasteiger partial charge in [0, 0.05) is 30.9 Å². The molecule has 1 aliphatic heterocycles. The summed E-state index contributed by atoms with van der Waals surface area (Å²) in [6, 6.07) is 17.6. The van der Waals surface area contributed by atoms with E-state index >= 15 is 0 Å². The van der Waals surface area contributed by atoms with E-state index in [-0.39, 0.29) is 5.91 Å². The Morgan fingerprint density at radius 2 is 1.68 bits per heavy atom. The molecule has 3 rings (SSSR count). The number of rotatable bonds is 1. The summed E-state index contributed by atoms with van der Waals surface area (Å²) in [7, 11) is 0. The van der Waals surface area contributed by atoms with Crippen LogP contribution in [0.15, 0.2) is 54.6 Å². The van der Waals surface area contributed by atoms with Gasteiger partial charge in [0.1, 0.15) is 0 Å². The van der Waals surface area contributed by atoms with Gasteiger partial charge in [0.25, 0.3) is 5.91 Å². The summed E-state index contributed by atoms with van der Waals surface area (Å²) in [5, 5.41) is 3.37. The molecule has 0 saturated carbocycles. The fourth-order valence-corrected chi connectivity index (χ4v) is 2.40. The lowest BCUT2D eigenvalue weighted by atomic mass is 10.0. The van der Waals surface area contributed by atoms with Crippen molar-refractivity contribution in [1.82, 2.24) is 5.32 Å². The van der Waals surface area contributed by atoms with Crippen LogP contribution in [0.25, 0.3) is 0 Å². The number of hydrogen-bond acceptors (Lipinski definition) is 2. The van der Waals surface area contributed by atoms with Crippen LogP contribution in [0.1, 0.15) is 15.9 Å². The highest BCUT2D eigenvalue weighted by Crippen LogP contribution is 2.20. The topological polar surface area (TPSA) is 32.3 Å². The number of para-hydroxylation sites is 1. The van der Waals surface area contributed by atoms with Crippen LogP contribution < -0.4 is 10.2 Å². The van der Waals surface area contributed by atoms with E-state index < -0.39 is 0 Å². The van der Waals surface area contributed by atoms with Crippen LogP contribution in [-0.2, 0) is 6.54 Å². The fourth-order valence-electron chi connectivity index (χ4n) is 2.40. The van der Waals surface area contributed by atoms with Gasteiger partial charge in [-0.2, -0.15) is 0 Å². The molecule has 0 fully saturated rings. The minimum absolute atomic E-state index is 0.0864. The van der Waals surface area contributed by atoms with E-state index in [1.54, 1.807) is 0 Å². The second-order valence-electron chi connectivity index (χ2n) is 4.63. The van der Waals surface area contributed by atoms with Crippen LogP contribution in [0, 0.1) is 0 Å². The van der Waals surface area contributed by atoms with Crippen molar-refractivity contribution < 1.29 is 4.79 Å². The fraction of sp³-hybridized carbons (Fsp3) is 0.188. The Labute approximate surface area is 112 Å². The van der Waals surface area contributed by atoms with E-state index in [9.17, 15) is 4.79 Å². The number of benzene rings is 2. The van der Waals surface area contributed by atoms with Crippen molar-refractivity contribution >= 4 is 11.6 Å². The number of amides is 1. The molecule has 0 bridgehead atoms. The summed E-state index contributed by atoms with van der Waals surface area (Å²) in [5.41, 5.74) is 2.80. The smallest absolute Gasteiger partial charge is 0.258 e. The molecule has 0 aliphatic carbocycles. The highest BCUT2D eigenvalue weighted by atomic mass is 16.2. The van der Waals surface area contributed by atoms with Crippen LogP contribution in [-0.4, -0.2) is 19.0 Å². The molecule has 0 saturated heterocycles. The molecule has 0 radical (unpaired) electrons. The number of fused-ring (bicyclic) bond motifs is 1. The van der Waals surface area contributed by atoms with Crippen molar-refractivity contribution in [3.63, 3.8) is 0 Å². The third-order valence-electron chi connectivity index (χ3n) is 3.39. The van der Waals surface area contributed by atoms with Gasteiger partial charge in [-0.15, -0.1) is 0 Å². The third-order valence-corrected chi connectivity index (χ3v) is 3.39. The van der Waals surface area contributed by atoms with E-state index in [0.29, 0.717) is 6.54 Å². The quantitative estimate of drug-likeness (QED) is 0.845. The minimum Gasteiger partial charge on any atom is -0.311 e. The predicted octanol–water partition coefficient (Wildman–Crippen LogP) is 2.44. The van der Waals surface area contributed by atoms with Crippen LogP contribution >= 0.6 is 0 Å². The van der Waals surface area contributed by atoms with Gasteiger partial charge < -0.3 is 10.2 Å². The van der Waals surface area contributed by atoms with Crippen molar-refractivity contribution in [3.8, 4) is 0 Å². The van der Waals surface area contributed by atoms with Gasteiger partial charge in [0.2, 0.25) is 0 Å². The predicted molar refractivity (Wildman–Crippen MR) is 76.3 cm³/mol. The van der Waals surface area contributed by atoms with Crippen LogP contribution in [0.3, 0.4) is 0 Å². The number of hydrogen-bond donors (Lipinski definition) is 1. The Kier molecular flexibility index (Phi) is 3.29. The molecule has 2 aromatic rings. The zero-order valence-corrected chi connectivity index (χ0v) is 10.7. The Morgan fingerprint density at radius 3 is 2.53 bits per heavy atom. The molecule has 3 heteroatoms. The van der Waals surface area contributed by atoms with E-state index in [4.69, 9.17) is 0 Å². The minimum atomic E-state index is 0.0864. The van der Waals surface area contributed by atoms with Gasteiger partial charge >= 0.3 is 0 Å². The highest BCUT2D eigenvalue weighted by Gasteiger charge is 2.21. The first kappa shape index (κ1) is 11.9. The second kappa shape index (κ2) is 5.24. The lowest BCUT2D eigenvalue weighted by Gasteiger charge is -2.26. The lowest BCUT2D eigenvalue weighted by Crippen LogP contribution is -2.39. The summed E-state index contributed by atoms with van der Waals surface area (Å²) < 4.78 is 0. The zero-order valence-electron chi connectivity index (χ0n) is 10.7. The largest absolute Gasteiger partial charge is 0.311 e. The molecule has 1 aliphatic rings. The maximum atomic E-state index is 12.7. The molecule has 19 heavy (non-hydrogen) atoms. The van der Waals surface area contributed by atoms with Crippen molar-refractivity contribution in [2.45, 2.75) is 6.54 Å². The molecule has 96 valence electrons. The number of nitrogens with one attached hydrogen (secondary N) is 1. The number of carbonyl (C=O) groups is 1. The van der Waals surface area contributed by atoms with Crippen molar-refractivity contribution in [2.24, 2.45) is 0 Å². The number of carbonyl (C=O) groups excluding carboxylic acids is 1. The lowest BCUT2D eigenvalue weighted by molar-refractivity contribution is 0.0984. The molecule has 0 unspecified atom stereocenters. The van der Waals surface area contributed by atoms with E-state index in [0.717, 1.165) is 29.9 Å². The van der Waals surface area contributed by atoms with Gasteiger partial charge in [0.15, 0.2) is 0 Å². The molecule has 1 heterocycles. The molecule has 1 N–H and O–H groups in total. The summed E-state index contributed by atoms with van der Waals surface area (Å²) in [5.74, 6) is 0.0864. The van der Waals surface area contributed by atoms with Gasteiger partial charge in [0.05, 0.1) is 0 Å². The highest BCUT2D eigenvalue weighted by molar-refractivity contribution is 6.07. The van der Waals surface area contributed by atoms with Crippen LogP contribution in [0.5, 0.6) is 0 Å². The summed E-state index contributed by atoms with van der Waals surface area (Å²) in [4.78, 5) is 14.5. The Balaban J connectivity index is 2.02. The molecule has 0 atom stereocenters. The first-order valence-electron chi connectivity index (χ1n) is 6.52. The van der Waals surface area contributed by atoms with Gasteiger partial charge in [-0.25, -0.2) is 0 Å². The van der Waals surface area contributed by atoms with Crippen molar-refractivity contribution in [1.29, 1.82) is 0 Å². The average Bonchev–Trinajstić information content (AvgIpc) is 2.46. The summed E-state index contributed by atoms with van der Waals surface area (Å²) >= 11 is 0. The second-order valence-corrected chi connectivity index (χ2v) is 4.63. The van der Waals surface area contributed by atoms with E-state index in [1.165, 1.54) is 0 Å². The summed E-state index contributed by atoms with van der Waals surface area (Å²) in [6.07, 6.45) is 0. The molecule has 2 aromatic carbocycles. The first-order chi connectivity index (χ1) is 9.36. The molecular formula is C16H16N2O. The number of anilines is 1. The van der Waals surface area contributed by atoms with E-state index in [1.807, 2.05) is 59.5 Å². The van der Waals surface area contributed by atoms with Gasteiger partial charge in [-0.05, 0) is 23.8 Å². The van der Waals surface area contributed by atoms with Crippen molar-refractivity contribution in [3.05, 3.63) is 65.7 Å². The van der Waals surface area contributed by atoms with Crippen LogP contribution in [0.4, 0.5) is 5.69 Å². The average molecular weight is 252 g/mol. The maximum Gasteiger partial charge on any atom is 0.258 e. The van der Waals surface area contributed by atoms with Gasteiger partial charge in [-0.3, -0.25) is 4.79 Å². The Morgan fingerprint density at radius 1 is 0.947 bits per heavy atom. The van der Waals surface area contributed by atoms with Crippen LogP contribution in [0.2, 0.25) is 0 Å². The molecule has 1 amide bonds. The summed E-state index contributed by atoms with van der Waals surface area (Å²) in [6.45, 7) is 2.25. The molecule has 0 spiro atoms. The monoisotopic (exact) mass is 252 g/mol. The third kappa shape index (κ3) is 2.37. The first-order valence-corrected chi connectivity index (χ1v) is 6.52. The van der Waals surface area contributed by atoms with Gasteiger partial charge in [-0.1, -0.05) is 36.4 Å². The number of nitrogens with zero attached hydrogens (tertiary/aromatic N) is 1. The normalized spacial score (nSPS) is 15.6. The standard InChI is InChI=1S/C16H16N2O/c19-16-15-9-5-4-6-13(15)12-17-10-11-18(16)14-7-2-1-3-8-14/h1-9,17H,10-12H2. The molecule has 3 nitrogen and oxygen atoms in total. The zero-order chi connectivity index (χ0) is 13.1. The van der Waals surface area contributed by atoms with Crippen molar-refractivity contribution in [2.75, 3.05) is 18.0 Å². The van der Waals surface area contributed by atoms with E-state index in [2.05, 4.69) is 5.32 Å². The SMILES string of the molecule is O=C1c2ccccc2CNCCN1c1ccccc1. The molecular weight excluding hydrogens is 236 g/mol. The Hall–Kier alpha value is -2.13. The maximum absolute atomic E-state index is 12.7. The molecule has 0 aromatic heterocycles.